The van der Waals surface area contributed by atoms with Crippen LogP contribution < -0.4 is 16.0 Å². The molecule has 168 valence electrons. The van der Waals surface area contributed by atoms with E-state index >= 15 is 0 Å². The van der Waals surface area contributed by atoms with E-state index in [1.807, 2.05) is 35.2 Å². The zero-order valence-electron chi connectivity index (χ0n) is 17.9. The number of benzene rings is 3. The molecule has 2 amide bonds. The molecule has 0 aromatic heterocycles. The monoisotopic (exact) mass is 446 g/mol. The number of nitrogens with zero attached hydrogens (tertiary/aromatic N) is 2. The molecule has 2 aliphatic rings. The standard InChI is InChI=1S/C25H23FN4O3/c26-22-20(27)14-19(16-4-2-1-3-5-16)23-24(22)30(23)25(32)17-6-8-18(9-7-17)28-21(31)15-29-10-12-33-13-11-29/h1-9,14H,10-13,15,27H2,(H,28,31). The number of hydrogen-bond donors (Lipinski definition) is 2. The van der Waals surface area contributed by atoms with E-state index in [-0.39, 0.29) is 29.7 Å². The molecule has 5 rings (SSSR count). The zero-order valence-corrected chi connectivity index (χ0v) is 17.9. The largest absolute Gasteiger partial charge is 0.396 e. The summed E-state index contributed by atoms with van der Waals surface area (Å²) in [6, 6.07) is 17.6. The SMILES string of the molecule is Nc1cc(-c2ccccc2)c2c(c1F)N2C(=O)c1ccc(NC(=O)CN2CCOCC2)cc1. The molecule has 3 aromatic carbocycles. The predicted molar refractivity (Wildman–Crippen MR) is 125 cm³/mol. The third-order valence-electron chi connectivity index (χ3n) is 5.81. The van der Waals surface area contributed by atoms with Gasteiger partial charge in [0.1, 0.15) is 5.69 Å². The number of hydrogen-bond acceptors (Lipinski definition) is 5. The molecule has 2 aliphatic heterocycles. The summed E-state index contributed by atoms with van der Waals surface area (Å²) < 4.78 is 19.9. The van der Waals surface area contributed by atoms with Gasteiger partial charge in [-0.2, -0.15) is 0 Å². The summed E-state index contributed by atoms with van der Waals surface area (Å²) in [6.07, 6.45) is 0. The van der Waals surface area contributed by atoms with E-state index < -0.39 is 5.82 Å². The fraction of sp³-hybridized carbons (Fsp3) is 0.200. The van der Waals surface area contributed by atoms with Crippen LogP contribution in [0.25, 0.3) is 11.1 Å². The number of nitrogens with one attached hydrogen (secondary N) is 1. The average molecular weight is 446 g/mol. The van der Waals surface area contributed by atoms with Crippen LogP contribution in [0, 0.1) is 5.82 Å². The summed E-state index contributed by atoms with van der Waals surface area (Å²) in [5, 5.41) is 2.84. The molecule has 1 fully saturated rings. The molecular formula is C25H23FN4O3. The van der Waals surface area contributed by atoms with Crippen molar-refractivity contribution in [1.82, 2.24) is 4.90 Å². The number of carbonyl (C=O) groups excluding carboxylic acids is 2. The maximum absolute atomic E-state index is 14.6. The van der Waals surface area contributed by atoms with E-state index in [4.69, 9.17) is 10.5 Å². The van der Waals surface area contributed by atoms with Gasteiger partial charge in [-0.3, -0.25) is 19.4 Å². The number of carbonyl (C=O) groups is 2. The number of amides is 2. The van der Waals surface area contributed by atoms with Crippen LogP contribution in [0.4, 0.5) is 27.1 Å². The van der Waals surface area contributed by atoms with Gasteiger partial charge < -0.3 is 15.8 Å². The third-order valence-corrected chi connectivity index (χ3v) is 5.81. The Morgan fingerprint density at radius 1 is 1.00 bits per heavy atom. The fourth-order valence-electron chi connectivity index (χ4n) is 4.07. The normalized spacial score (nSPS) is 15.1. The number of anilines is 4. The van der Waals surface area contributed by atoms with Gasteiger partial charge >= 0.3 is 0 Å². The summed E-state index contributed by atoms with van der Waals surface area (Å²) >= 11 is 0. The highest BCUT2D eigenvalue weighted by atomic mass is 19.1. The summed E-state index contributed by atoms with van der Waals surface area (Å²) in [4.78, 5) is 28.8. The van der Waals surface area contributed by atoms with Gasteiger partial charge in [0.25, 0.3) is 5.91 Å². The van der Waals surface area contributed by atoms with Gasteiger partial charge in [0.2, 0.25) is 5.91 Å². The Hall–Kier alpha value is -3.75. The maximum Gasteiger partial charge on any atom is 0.263 e. The third kappa shape index (κ3) is 4.18. The second-order valence-electron chi connectivity index (χ2n) is 8.05. The van der Waals surface area contributed by atoms with Crippen LogP contribution in [-0.4, -0.2) is 49.6 Å². The van der Waals surface area contributed by atoms with Gasteiger partial charge in [-0.05, 0) is 35.9 Å². The van der Waals surface area contributed by atoms with E-state index in [9.17, 15) is 14.0 Å². The lowest BCUT2D eigenvalue weighted by Crippen LogP contribution is -2.41. The molecule has 0 saturated carbocycles. The van der Waals surface area contributed by atoms with Gasteiger partial charge in [-0.15, -0.1) is 0 Å². The number of nitrogen functional groups attached to an aromatic ring is 1. The van der Waals surface area contributed by atoms with Crippen LogP contribution in [0.15, 0.2) is 60.7 Å². The molecule has 2 heterocycles. The Morgan fingerprint density at radius 3 is 2.39 bits per heavy atom. The number of fused-ring (bicyclic) bond motifs is 1. The lowest BCUT2D eigenvalue weighted by molar-refractivity contribution is -0.118. The van der Waals surface area contributed by atoms with Crippen molar-refractivity contribution < 1.29 is 18.7 Å². The molecule has 1 saturated heterocycles. The van der Waals surface area contributed by atoms with Gasteiger partial charge in [0.05, 0.1) is 31.1 Å². The molecule has 0 atom stereocenters. The van der Waals surface area contributed by atoms with Crippen molar-refractivity contribution >= 4 is 34.6 Å². The first-order chi connectivity index (χ1) is 16.0. The second kappa shape index (κ2) is 8.65. The van der Waals surface area contributed by atoms with Gasteiger partial charge in [0.15, 0.2) is 5.82 Å². The molecule has 7 nitrogen and oxygen atoms in total. The van der Waals surface area contributed by atoms with Gasteiger partial charge in [0, 0.05) is 29.9 Å². The Morgan fingerprint density at radius 2 is 1.70 bits per heavy atom. The lowest BCUT2D eigenvalue weighted by Gasteiger charge is -2.25. The van der Waals surface area contributed by atoms with E-state index in [2.05, 4.69) is 5.32 Å². The number of nitrogens with two attached hydrogens (primary N) is 1. The Labute approximate surface area is 190 Å². The first kappa shape index (κ1) is 21.1. The van der Waals surface area contributed by atoms with Crippen LogP contribution in [0.3, 0.4) is 0 Å². The van der Waals surface area contributed by atoms with Crippen molar-refractivity contribution in [3.05, 3.63) is 72.0 Å². The van der Waals surface area contributed by atoms with Crippen LogP contribution in [-0.2, 0) is 9.53 Å². The minimum absolute atomic E-state index is 0.00114. The van der Waals surface area contributed by atoms with Crippen molar-refractivity contribution in [2.75, 3.05) is 48.8 Å². The molecule has 3 aromatic rings. The van der Waals surface area contributed by atoms with Gasteiger partial charge in [-0.1, -0.05) is 30.3 Å². The van der Waals surface area contributed by atoms with E-state index in [1.54, 1.807) is 30.3 Å². The zero-order chi connectivity index (χ0) is 22.9. The molecule has 33 heavy (non-hydrogen) atoms. The molecule has 0 radical (unpaired) electrons. The Bertz CT molecular complexity index is 1210. The van der Waals surface area contributed by atoms with Crippen LogP contribution >= 0.6 is 0 Å². The highest BCUT2D eigenvalue weighted by molar-refractivity contribution is 6.26. The van der Waals surface area contributed by atoms with Crippen LogP contribution in [0.2, 0.25) is 0 Å². The first-order valence-corrected chi connectivity index (χ1v) is 10.7. The summed E-state index contributed by atoms with van der Waals surface area (Å²) in [5.74, 6) is -1.07. The Kier molecular flexibility index (Phi) is 5.53. The van der Waals surface area contributed by atoms with Crippen LogP contribution in [0.1, 0.15) is 10.4 Å². The minimum Gasteiger partial charge on any atom is -0.396 e. The van der Waals surface area contributed by atoms with Crippen molar-refractivity contribution in [3.8, 4) is 11.1 Å². The molecule has 0 bridgehead atoms. The number of morpholine rings is 1. The molecule has 0 aliphatic carbocycles. The molecule has 8 heteroatoms. The van der Waals surface area contributed by atoms with Gasteiger partial charge in [-0.25, -0.2) is 4.39 Å². The van der Waals surface area contributed by atoms with E-state index in [0.717, 1.165) is 18.7 Å². The minimum atomic E-state index is -0.593. The average Bonchev–Trinajstić information content (AvgIpc) is 3.58. The molecule has 0 unspecified atom stereocenters. The summed E-state index contributed by atoms with van der Waals surface area (Å²) in [6.45, 7) is 2.99. The molecular weight excluding hydrogens is 423 g/mol. The molecule has 0 spiro atoms. The number of ether oxygens (including phenoxy) is 1. The maximum atomic E-state index is 14.6. The quantitative estimate of drug-likeness (QED) is 0.462. The van der Waals surface area contributed by atoms with E-state index in [1.165, 1.54) is 4.90 Å². The summed E-state index contributed by atoms with van der Waals surface area (Å²) in [7, 11) is 0. The van der Waals surface area contributed by atoms with Crippen molar-refractivity contribution in [1.29, 1.82) is 0 Å². The number of rotatable bonds is 5. The fourth-order valence-corrected chi connectivity index (χ4v) is 4.07. The smallest absolute Gasteiger partial charge is 0.263 e. The van der Waals surface area contributed by atoms with Crippen LogP contribution in [0.5, 0.6) is 0 Å². The van der Waals surface area contributed by atoms with Crippen molar-refractivity contribution in [3.63, 3.8) is 0 Å². The predicted octanol–water partition coefficient (Wildman–Crippen LogP) is 3.64. The molecule has 3 N–H and O–H groups in total. The Balaban J connectivity index is 1.30. The highest BCUT2D eigenvalue weighted by Gasteiger charge is 2.43. The second-order valence-corrected chi connectivity index (χ2v) is 8.05. The lowest BCUT2D eigenvalue weighted by atomic mass is 10.1. The van der Waals surface area contributed by atoms with E-state index in [0.29, 0.717) is 35.7 Å². The summed E-state index contributed by atoms with van der Waals surface area (Å²) in [5.41, 5.74) is 9.15. The number of halogens is 1. The van der Waals surface area contributed by atoms with Crippen molar-refractivity contribution in [2.24, 2.45) is 0 Å². The first-order valence-electron chi connectivity index (χ1n) is 10.7. The topological polar surface area (TPSA) is 87.7 Å². The van der Waals surface area contributed by atoms with Crippen molar-refractivity contribution in [2.45, 2.75) is 0 Å². The highest BCUT2D eigenvalue weighted by Crippen LogP contribution is 2.57.